The quantitative estimate of drug-likeness (QED) is 0.399. The van der Waals surface area contributed by atoms with Crippen LogP contribution in [0.3, 0.4) is 0 Å². The fourth-order valence-electron chi connectivity index (χ4n) is 3.66. The molecule has 0 unspecified atom stereocenters. The monoisotopic (exact) mass is 443 g/mol. The number of ether oxygens (including phenoxy) is 1. The highest BCUT2D eigenvalue weighted by Gasteiger charge is 2.19. The van der Waals surface area contributed by atoms with Crippen molar-refractivity contribution >= 4 is 17.6 Å². The summed E-state index contributed by atoms with van der Waals surface area (Å²) in [4.78, 5) is 25.1. The number of carbonyl (C=O) groups excluding carboxylic acids is 2. The highest BCUT2D eigenvalue weighted by molar-refractivity contribution is 6.05. The van der Waals surface area contributed by atoms with Crippen LogP contribution in [0.4, 0.5) is 5.69 Å². The van der Waals surface area contributed by atoms with Crippen LogP contribution in [0.2, 0.25) is 0 Å². The summed E-state index contributed by atoms with van der Waals surface area (Å²) < 4.78 is 12.3. The summed E-state index contributed by atoms with van der Waals surface area (Å²) in [5.41, 5.74) is 4.70. The van der Waals surface area contributed by atoms with E-state index < -0.39 is 5.97 Å². The molecule has 0 atom stereocenters. The van der Waals surface area contributed by atoms with E-state index in [1.54, 1.807) is 37.6 Å². The highest BCUT2D eigenvalue weighted by atomic mass is 16.5. The zero-order valence-electron chi connectivity index (χ0n) is 19.0. The van der Waals surface area contributed by atoms with Crippen molar-refractivity contribution in [2.45, 2.75) is 27.7 Å². The number of amides is 1. The van der Waals surface area contributed by atoms with Gasteiger partial charge < -0.3 is 14.5 Å². The molecule has 4 aromatic rings. The smallest absolute Gasteiger partial charge is 0.358 e. The lowest BCUT2D eigenvalue weighted by Crippen LogP contribution is -2.12. The predicted molar refractivity (Wildman–Crippen MR) is 126 cm³/mol. The number of hydrogen-bond donors (Lipinski definition) is 1. The molecule has 0 radical (unpaired) electrons. The summed E-state index contributed by atoms with van der Waals surface area (Å²) in [5, 5.41) is 7.43. The van der Waals surface area contributed by atoms with Gasteiger partial charge in [0, 0.05) is 11.3 Å². The molecule has 7 heteroatoms. The first-order valence-electron chi connectivity index (χ1n) is 10.7. The minimum Gasteiger partial charge on any atom is -0.466 e. The van der Waals surface area contributed by atoms with Crippen molar-refractivity contribution in [3.05, 3.63) is 89.0 Å². The van der Waals surface area contributed by atoms with E-state index in [-0.39, 0.29) is 18.2 Å². The number of hydrogen-bond acceptors (Lipinski definition) is 5. The second-order valence-electron chi connectivity index (χ2n) is 7.75. The molecule has 0 aliphatic heterocycles. The number of anilines is 1. The number of benzene rings is 2. The zero-order valence-corrected chi connectivity index (χ0v) is 19.0. The first-order chi connectivity index (χ1) is 15.9. The van der Waals surface area contributed by atoms with Gasteiger partial charge in [-0.3, -0.25) is 4.79 Å². The summed E-state index contributed by atoms with van der Waals surface area (Å²) in [6.07, 6.45) is 0. The number of aromatic nitrogens is 2. The standard InChI is InChI=1S/C26H25N3O4/c1-5-32-26(31)23-15-24(29(28-23)21-11-6-8-16(2)12-21)19-9-7-10-20(14-19)27-25(30)22-13-17(3)33-18(22)4/h6-15H,5H2,1-4H3,(H,27,30). The second-order valence-corrected chi connectivity index (χ2v) is 7.75. The summed E-state index contributed by atoms with van der Waals surface area (Å²) in [6, 6.07) is 18.7. The molecule has 2 heterocycles. The van der Waals surface area contributed by atoms with Gasteiger partial charge in [0.25, 0.3) is 5.91 Å². The molecule has 4 rings (SSSR count). The molecule has 0 saturated carbocycles. The third-order valence-corrected chi connectivity index (χ3v) is 5.14. The van der Waals surface area contributed by atoms with Crippen molar-refractivity contribution in [1.29, 1.82) is 0 Å². The Morgan fingerprint density at radius 2 is 1.82 bits per heavy atom. The maximum Gasteiger partial charge on any atom is 0.358 e. The van der Waals surface area contributed by atoms with E-state index in [1.807, 2.05) is 55.5 Å². The van der Waals surface area contributed by atoms with Gasteiger partial charge >= 0.3 is 5.97 Å². The number of esters is 1. The van der Waals surface area contributed by atoms with Crippen molar-refractivity contribution in [3.8, 4) is 16.9 Å². The number of rotatable bonds is 6. The number of aryl methyl sites for hydroxylation is 3. The Bertz CT molecular complexity index is 1330. The number of nitrogens with zero attached hydrogens (tertiary/aromatic N) is 2. The maximum atomic E-state index is 12.7. The Morgan fingerprint density at radius 3 is 2.52 bits per heavy atom. The summed E-state index contributed by atoms with van der Waals surface area (Å²) in [7, 11) is 0. The van der Waals surface area contributed by atoms with Crippen LogP contribution in [0, 0.1) is 20.8 Å². The number of carbonyl (C=O) groups is 2. The van der Waals surface area contributed by atoms with Crippen molar-refractivity contribution in [2.24, 2.45) is 0 Å². The highest BCUT2D eigenvalue weighted by Crippen LogP contribution is 2.27. The Morgan fingerprint density at radius 1 is 1.03 bits per heavy atom. The molecule has 0 fully saturated rings. The summed E-state index contributed by atoms with van der Waals surface area (Å²) in [6.45, 7) is 7.58. The molecule has 0 aliphatic carbocycles. The lowest BCUT2D eigenvalue weighted by Gasteiger charge is -2.10. The molecule has 7 nitrogen and oxygen atoms in total. The SMILES string of the molecule is CCOC(=O)c1cc(-c2cccc(NC(=O)c3cc(C)oc3C)c2)n(-c2cccc(C)c2)n1. The van der Waals surface area contributed by atoms with Gasteiger partial charge in [0.1, 0.15) is 11.5 Å². The molecule has 1 amide bonds. The molecular formula is C26H25N3O4. The number of nitrogens with one attached hydrogen (secondary N) is 1. The average Bonchev–Trinajstić information content (AvgIpc) is 3.37. The van der Waals surface area contributed by atoms with E-state index in [2.05, 4.69) is 10.4 Å². The van der Waals surface area contributed by atoms with Gasteiger partial charge in [-0.1, -0.05) is 24.3 Å². The van der Waals surface area contributed by atoms with E-state index in [0.717, 1.165) is 16.8 Å². The fourth-order valence-corrected chi connectivity index (χ4v) is 3.66. The van der Waals surface area contributed by atoms with Crippen molar-refractivity contribution in [3.63, 3.8) is 0 Å². The molecule has 0 aliphatic rings. The van der Waals surface area contributed by atoms with E-state index in [1.165, 1.54) is 0 Å². The topological polar surface area (TPSA) is 86.4 Å². The van der Waals surface area contributed by atoms with E-state index in [9.17, 15) is 9.59 Å². The lowest BCUT2D eigenvalue weighted by atomic mass is 10.1. The lowest BCUT2D eigenvalue weighted by molar-refractivity contribution is 0.0519. The molecular weight excluding hydrogens is 418 g/mol. The van der Waals surface area contributed by atoms with Crippen molar-refractivity contribution in [1.82, 2.24) is 9.78 Å². The zero-order chi connectivity index (χ0) is 23.5. The molecule has 1 N–H and O–H groups in total. The maximum absolute atomic E-state index is 12.7. The molecule has 0 saturated heterocycles. The third kappa shape index (κ3) is 4.72. The first kappa shape index (κ1) is 22.1. The van der Waals surface area contributed by atoms with E-state index in [4.69, 9.17) is 9.15 Å². The summed E-state index contributed by atoms with van der Waals surface area (Å²) >= 11 is 0. The van der Waals surface area contributed by atoms with Crippen LogP contribution in [-0.2, 0) is 4.74 Å². The average molecular weight is 444 g/mol. The molecule has 2 aromatic heterocycles. The number of furan rings is 1. The second kappa shape index (κ2) is 9.16. The van der Waals surface area contributed by atoms with Gasteiger partial charge in [-0.25, -0.2) is 9.48 Å². The Hall–Kier alpha value is -4.13. The van der Waals surface area contributed by atoms with Gasteiger partial charge in [0.2, 0.25) is 0 Å². The minimum absolute atomic E-state index is 0.215. The Labute approximate surface area is 192 Å². The third-order valence-electron chi connectivity index (χ3n) is 5.14. The largest absolute Gasteiger partial charge is 0.466 e. The normalized spacial score (nSPS) is 10.8. The van der Waals surface area contributed by atoms with Gasteiger partial charge in [-0.05, 0) is 69.7 Å². The summed E-state index contributed by atoms with van der Waals surface area (Å²) in [5.74, 6) is 0.513. The van der Waals surface area contributed by atoms with Crippen LogP contribution in [0.5, 0.6) is 0 Å². The van der Waals surface area contributed by atoms with Crippen LogP contribution in [-0.4, -0.2) is 28.3 Å². The van der Waals surface area contributed by atoms with Gasteiger partial charge in [-0.15, -0.1) is 0 Å². The van der Waals surface area contributed by atoms with Crippen molar-refractivity contribution in [2.75, 3.05) is 11.9 Å². The van der Waals surface area contributed by atoms with Crippen molar-refractivity contribution < 1.29 is 18.7 Å². The molecule has 0 bridgehead atoms. The van der Waals surface area contributed by atoms with Gasteiger partial charge in [0.05, 0.1) is 23.6 Å². The Kier molecular flexibility index (Phi) is 6.13. The van der Waals surface area contributed by atoms with E-state index >= 15 is 0 Å². The van der Waals surface area contributed by atoms with E-state index in [0.29, 0.717) is 28.5 Å². The first-order valence-corrected chi connectivity index (χ1v) is 10.7. The van der Waals surface area contributed by atoms with Crippen LogP contribution < -0.4 is 5.32 Å². The van der Waals surface area contributed by atoms with Crippen LogP contribution in [0.15, 0.2) is 65.1 Å². The Balaban J connectivity index is 1.73. The van der Waals surface area contributed by atoms with Crippen LogP contribution >= 0.6 is 0 Å². The molecule has 0 spiro atoms. The van der Waals surface area contributed by atoms with Crippen LogP contribution in [0.25, 0.3) is 16.9 Å². The minimum atomic E-state index is -0.486. The van der Waals surface area contributed by atoms with Gasteiger partial charge in [0.15, 0.2) is 5.69 Å². The molecule has 2 aromatic carbocycles. The van der Waals surface area contributed by atoms with Gasteiger partial charge in [-0.2, -0.15) is 5.10 Å². The fraction of sp³-hybridized carbons (Fsp3) is 0.192. The van der Waals surface area contributed by atoms with Crippen LogP contribution in [0.1, 0.15) is 44.9 Å². The molecule has 168 valence electrons. The predicted octanol–water partition coefficient (Wildman–Crippen LogP) is 5.49. The molecule has 33 heavy (non-hydrogen) atoms.